The number of hydrogen-bond acceptors (Lipinski definition) is 4. The first-order chi connectivity index (χ1) is 16.4. The van der Waals surface area contributed by atoms with E-state index in [2.05, 4.69) is 5.32 Å². The van der Waals surface area contributed by atoms with Crippen molar-refractivity contribution in [3.05, 3.63) is 87.9 Å². The maximum Gasteiger partial charge on any atom is 0.323 e. The molecule has 34 heavy (non-hydrogen) atoms. The highest BCUT2D eigenvalue weighted by Gasteiger charge is 2.59. The van der Waals surface area contributed by atoms with Crippen LogP contribution in [0.4, 0.5) is 16.2 Å². The summed E-state index contributed by atoms with van der Waals surface area (Å²) in [7, 11) is 1.58. The molecule has 5 rings (SSSR count). The molecule has 3 amide bonds. The molecule has 0 bridgehead atoms. The number of fused-ring (bicyclic) bond motifs is 2. The van der Waals surface area contributed by atoms with Gasteiger partial charge in [0.15, 0.2) is 4.87 Å². The lowest BCUT2D eigenvalue weighted by atomic mass is 10.1. The Hall–Kier alpha value is -2.87. The third-order valence-electron chi connectivity index (χ3n) is 6.03. The number of rotatable bonds is 4. The number of ether oxygens (including phenoxy) is 1. The molecule has 2 heterocycles. The highest BCUT2D eigenvalue weighted by atomic mass is 35.5. The minimum absolute atomic E-state index is 0.183. The topological polar surface area (TPSA) is 61.9 Å². The molecule has 1 spiro atoms. The summed E-state index contributed by atoms with van der Waals surface area (Å²) in [4.78, 5) is 29.6. The van der Waals surface area contributed by atoms with Gasteiger partial charge in [0.05, 0.1) is 19.3 Å². The highest BCUT2D eigenvalue weighted by Crippen LogP contribution is 2.55. The van der Waals surface area contributed by atoms with Gasteiger partial charge in [0, 0.05) is 33.6 Å². The first-order valence-corrected chi connectivity index (χ1v) is 12.4. The van der Waals surface area contributed by atoms with Crippen LogP contribution in [0.15, 0.2) is 66.7 Å². The monoisotopic (exact) mass is 513 g/mol. The molecule has 3 aromatic rings. The van der Waals surface area contributed by atoms with Gasteiger partial charge in [-0.2, -0.15) is 0 Å². The average Bonchev–Trinajstić information content (AvgIpc) is 3.38. The molecule has 9 heteroatoms. The molecule has 0 saturated carbocycles. The smallest absolute Gasteiger partial charge is 0.323 e. The van der Waals surface area contributed by atoms with Crippen molar-refractivity contribution in [3.63, 3.8) is 0 Å². The molecule has 1 N–H and O–H groups in total. The fraction of sp³-hybridized carbons (Fsp3) is 0.200. The Kier molecular flexibility index (Phi) is 6.10. The van der Waals surface area contributed by atoms with Crippen molar-refractivity contribution in [2.75, 3.05) is 29.6 Å². The van der Waals surface area contributed by atoms with Crippen LogP contribution < -0.4 is 15.0 Å². The van der Waals surface area contributed by atoms with Gasteiger partial charge in [-0.1, -0.05) is 41.4 Å². The van der Waals surface area contributed by atoms with Crippen LogP contribution in [0.3, 0.4) is 0 Å². The van der Waals surface area contributed by atoms with Crippen LogP contribution >= 0.6 is 35.0 Å². The molecule has 1 unspecified atom stereocenters. The molecule has 3 aromatic carbocycles. The zero-order valence-electron chi connectivity index (χ0n) is 18.3. The van der Waals surface area contributed by atoms with Gasteiger partial charge in [-0.15, -0.1) is 11.8 Å². The van der Waals surface area contributed by atoms with Gasteiger partial charge in [-0.05, 0) is 54.1 Å². The Morgan fingerprint density at radius 1 is 1.12 bits per heavy atom. The lowest BCUT2D eigenvalue weighted by molar-refractivity contribution is -0.123. The van der Waals surface area contributed by atoms with E-state index in [1.807, 2.05) is 24.3 Å². The zero-order chi connectivity index (χ0) is 23.9. The molecule has 174 valence electrons. The van der Waals surface area contributed by atoms with E-state index in [1.54, 1.807) is 59.4 Å². The van der Waals surface area contributed by atoms with Gasteiger partial charge >= 0.3 is 6.03 Å². The predicted molar refractivity (Wildman–Crippen MR) is 137 cm³/mol. The maximum absolute atomic E-state index is 14.0. The van der Waals surface area contributed by atoms with Crippen molar-refractivity contribution < 1.29 is 14.3 Å². The number of anilines is 2. The second-order valence-electron chi connectivity index (χ2n) is 7.95. The Morgan fingerprint density at radius 3 is 2.62 bits per heavy atom. The predicted octanol–water partition coefficient (Wildman–Crippen LogP) is 5.98. The van der Waals surface area contributed by atoms with Crippen molar-refractivity contribution in [3.8, 4) is 5.75 Å². The molecule has 6 nitrogen and oxygen atoms in total. The minimum atomic E-state index is -1.20. The van der Waals surface area contributed by atoms with Gasteiger partial charge in [-0.25, -0.2) is 4.79 Å². The molecular weight excluding hydrogens is 493 g/mol. The minimum Gasteiger partial charge on any atom is -0.497 e. The normalized spacial score (nSPS) is 19.0. The Labute approximate surface area is 211 Å². The van der Waals surface area contributed by atoms with E-state index in [-0.39, 0.29) is 11.9 Å². The number of carbonyl (C=O) groups excluding carboxylic acids is 2. The van der Waals surface area contributed by atoms with Gasteiger partial charge < -0.3 is 15.0 Å². The number of urea groups is 1. The fourth-order valence-corrected chi connectivity index (χ4v) is 6.23. The molecule has 0 aromatic heterocycles. The fourth-order valence-electron chi connectivity index (χ4n) is 4.41. The van der Waals surface area contributed by atoms with Crippen molar-refractivity contribution in [2.45, 2.75) is 11.4 Å². The standard InChI is InChI=1S/C25H21Cl2N3O3S/c1-33-19-9-7-18(8-10-19)28-24(32)30-12-13-34-25(30)20-14-17(26)6-11-22(20)29(23(25)31)15-16-4-2-3-5-21(16)27/h2-11,14H,12-13,15H2,1H3,(H,28,32). The Morgan fingerprint density at radius 2 is 1.88 bits per heavy atom. The van der Waals surface area contributed by atoms with Crippen molar-refractivity contribution in [1.29, 1.82) is 0 Å². The summed E-state index contributed by atoms with van der Waals surface area (Å²) < 4.78 is 5.18. The van der Waals surface area contributed by atoms with Crippen molar-refractivity contribution in [1.82, 2.24) is 4.90 Å². The van der Waals surface area contributed by atoms with E-state index in [9.17, 15) is 9.59 Å². The van der Waals surface area contributed by atoms with Crippen molar-refractivity contribution in [2.24, 2.45) is 0 Å². The van der Waals surface area contributed by atoms with Crippen LogP contribution in [0.2, 0.25) is 10.0 Å². The second kappa shape index (κ2) is 9.06. The Bertz CT molecular complexity index is 1270. The number of hydrogen-bond donors (Lipinski definition) is 1. The summed E-state index contributed by atoms with van der Waals surface area (Å²) in [5, 5.41) is 4.01. The largest absolute Gasteiger partial charge is 0.497 e. The highest BCUT2D eigenvalue weighted by molar-refractivity contribution is 8.01. The number of nitrogens with one attached hydrogen (secondary N) is 1. The molecule has 1 atom stereocenters. The van der Waals surface area contributed by atoms with Gasteiger partial charge in [-0.3, -0.25) is 9.69 Å². The van der Waals surface area contributed by atoms with Gasteiger partial charge in [0.2, 0.25) is 0 Å². The lowest BCUT2D eigenvalue weighted by Crippen LogP contribution is -2.51. The summed E-state index contributed by atoms with van der Waals surface area (Å²) in [5.41, 5.74) is 2.88. The van der Waals surface area contributed by atoms with E-state index >= 15 is 0 Å². The van der Waals surface area contributed by atoms with Crippen LogP contribution in [-0.2, 0) is 16.2 Å². The van der Waals surface area contributed by atoms with Crippen molar-refractivity contribution >= 4 is 58.3 Å². The number of methoxy groups -OCH3 is 1. The molecular formula is C25H21Cl2N3O3S. The van der Waals surface area contributed by atoms with Crippen LogP contribution in [0.5, 0.6) is 5.75 Å². The Balaban J connectivity index is 1.51. The van der Waals surface area contributed by atoms with Gasteiger partial charge in [0.1, 0.15) is 5.75 Å². The van der Waals surface area contributed by atoms with Crippen LogP contribution in [0, 0.1) is 0 Å². The number of amides is 3. The van der Waals surface area contributed by atoms with Crippen LogP contribution in [0.1, 0.15) is 11.1 Å². The molecule has 2 aliphatic rings. The van der Waals surface area contributed by atoms with E-state index < -0.39 is 4.87 Å². The summed E-state index contributed by atoms with van der Waals surface area (Å²) in [6.07, 6.45) is 0. The summed E-state index contributed by atoms with van der Waals surface area (Å²) in [5.74, 6) is 1.13. The number of thioether (sulfide) groups is 1. The van der Waals surface area contributed by atoms with E-state index in [1.165, 1.54) is 11.8 Å². The second-order valence-corrected chi connectivity index (χ2v) is 10.1. The molecule has 0 radical (unpaired) electrons. The summed E-state index contributed by atoms with van der Waals surface area (Å²) in [6.45, 7) is 0.716. The number of carbonyl (C=O) groups is 2. The van der Waals surface area contributed by atoms with Gasteiger partial charge in [0.25, 0.3) is 5.91 Å². The van der Waals surface area contributed by atoms with E-state index in [0.717, 1.165) is 11.3 Å². The zero-order valence-corrected chi connectivity index (χ0v) is 20.6. The molecule has 0 aliphatic carbocycles. The summed E-state index contributed by atoms with van der Waals surface area (Å²) in [6, 6.07) is 19.5. The average molecular weight is 514 g/mol. The van der Waals surface area contributed by atoms with E-state index in [0.29, 0.717) is 45.9 Å². The first kappa shape index (κ1) is 22.9. The molecule has 1 fully saturated rings. The number of benzene rings is 3. The molecule has 2 aliphatic heterocycles. The SMILES string of the molecule is COc1ccc(NC(=O)N2CCSC23C(=O)N(Cc2ccccc2Cl)c2ccc(Cl)cc23)cc1. The number of nitrogens with zero attached hydrogens (tertiary/aromatic N) is 2. The quantitative estimate of drug-likeness (QED) is 0.465. The third-order valence-corrected chi connectivity index (χ3v) is 8.05. The van der Waals surface area contributed by atoms with Crippen LogP contribution in [0.25, 0.3) is 0 Å². The van der Waals surface area contributed by atoms with Crippen LogP contribution in [-0.4, -0.2) is 36.2 Å². The lowest BCUT2D eigenvalue weighted by Gasteiger charge is -2.33. The summed E-state index contributed by atoms with van der Waals surface area (Å²) >= 11 is 14.2. The maximum atomic E-state index is 14.0. The first-order valence-electron chi connectivity index (χ1n) is 10.7. The van der Waals surface area contributed by atoms with E-state index in [4.69, 9.17) is 27.9 Å². The number of halogens is 2. The third kappa shape index (κ3) is 3.78. The molecule has 1 saturated heterocycles.